The van der Waals surface area contributed by atoms with E-state index in [2.05, 4.69) is 32.5 Å². The molecule has 9 heteroatoms. The van der Waals surface area contributed by atoms with Crippen molar-refractivity contribution >= 4 is 33.8 Å². The van der Waals surface area contributed by atoms with Crippen LogP contribution in [0.4, 0.5) is 5.13 Å². The lowest BCUT2D eigenvalue weighted by molar-refractivity contribution is 0.308. The normalized spacial score (nSPS) is 13.7. The zero-order valence-electron chi connectivity index (χ0n) is 16.6. The van der Waals surface area contributed by atoms with Crippen molar-refractivity contribution in [3.05, 3.63) is 28.7 Å². The second-order valence-corrected chi connectivity index (χ2v) is 8.43. The number of nitrogens with zero attached hydrogens (tertiary/aromatic N) is 4. The maximum absolute atomic E-state index is 5.81. The number of ether oxygens (including phenoxy) is 1. The Kier molecular flexibility index (Phi) is 6.36. The second-order valence-electron chi connectivity index (χ2n) is 6.72. The van der Waals surface area contributed by atoms with E-state index in [4.69, 9.17) is 9.72 Å². The molecule has 0 bridgehead atoms. The number of aryl methyl sites for hydroxylation is 1. The Balaban J connectivity index is 1.50. The first-order valence-electron chi connectivity index (χ1n) is 9.79. The fourth-order valence-corrected chi connectivity index (χ4v) is 4.41. The summed E-state index contributed by atoms with van der Waals surface area (Å²) in [7, 11) is 0. The van der Waals surface area contributed by atoms with Gasteiger partial charge in [-0.05, 0) is 25.8 Å². The van der Waals surface area contributed by atoms with Gasteiger partial charge in [-0.2, -0.15) is 0 Å². The van der Waals surface area contributed by atoms with Gasteiger partial charge in [-0.15, -0.1) is 22.7 Å². The van der Waals surface area contributed by atoms with Crippen molar-refractivity contribution in [2.75, 3.05) is 25.0 Å². The van der Waals surface area contributed by atoms with E-state index in [9.17, 15) is 0 Å². The Morgan fingerprint density at radius 2 is 2.07 bits per heavy atom. The Morgan fingerprint density at radius 1 is 1.21 bits per heavy atom. The maximum atomic E-state index is 5.81. The van der Waals surface area contributed by atoms with E-state index >= 15 is 0 Å². The molecule has 2 N–H and O–H groups in total. The summed E-state index contributed by atoms with van der Waals surface area (Å²) in [6.45, 7) is 6.64. The first-order chi connectivity index (χ1) is 14.2. The van der Waals surface area contributed by atoms with E-state index in [1.165, 1.54) is 0 Å². The summed E-state index contributed by atoms with van der Waals surface area (Å²) >= 11 is 3.14. The van der Waals surface area contributed by atoms with Gasteiger partial charge in [0.05, 0.1) is 12.8 Å². The Bertz CT molecular complexity index is 997. The summed E-state index contributed by atoms with van der Waals surface area (Å²) in [4.78, 5) is 18.4. The van der Waals surface area contributed by atoms with Gasteiger partial charge in [0.1, 0.15) is 22.1 Å². The minimum Gasteiger partial charge on any atom is -0.492 e. The van der Waals surface area contributed by atoms with Crippen molar-refractivity contribution in [1.29, 1.82) is 0 Å². The van der Waals surface area contributed by atoms with Crippen LogP contribution in [-0.4, -0.2) is 40.6 Å². The standard InChI is InChI=1S/C20H24N6OS2/c1-3-4-8-27-14-9-15(13(2)23-10-14)18-24-16(11-28-18)17-12-29-20(25-17)26-19-21-6-5-7-22-19/h9-12H,3-8H2,1-2H3,(H2,21,22,25,26). The molecular weight excluding hydrogens is 404 g/mol. The number of unbranched alkanes of at least 4 members (excludes halogenated alkanes) is 1. The molecule has 0 radical (unpaired) electrons. The van der Waals surface area contributed by atoms with Crippen LogP contribution in [0.3, 0.4) is 0 Å². The topological polar surface area (TPSA) is 84.3 Å². The molecule has 0 atom stereocenters. The van der Waals surface area contributed by atoms with Gasteiger partial charge in [0.25, 0.3) is 0 Å². The van der Waals surface area contributed by atoms with Crippen molar-refractivity contribution in [3.63, 3.8) is 0 Å². The van der Waals surface area contributed by atoms with Crippen LogP contribution >= 0.6 is 22.7 Å². The van der Waals surface area contributed by atoms with Gasteiger partial charge in [0.2, 0.25) is 0 Å². The maximum Gasteiger partial charge on any atom is 0.197 e. The van der Waals surface area contributed by atoms with Crippen LogP contribution in [0.1, 0.15) is 31.9 Å². The number of rotatable bonds is 7. The molecule has 0 fully saturated rings. The first kappa shape index (κ1) is 19.8. The molecule has 1 aliphatic rings. The lowest BCUT2D eigenvalue weighted by atomic mass is 10.2. The summed E-state index contributed by atoms with van der Waals surface area (Å²) in [5.41, 5.74) is 3.67. The second kappa shape index (κ2) is 9.32. The average molecular weight is 429 g/mol. The largest absolute Gasteiger partial charge is 0.492 e. The van der Waals surface area contributed by atoms with Crippen molar-refractivity contribution in [3.8, 4) is 27.7 Å². The summed E-state index contributed by atoms with van der Waals surface area (Å²) < 4.78 is 5.81. The zero-order chi connectivity index (χ0) is 20.1. The van der Waals surface area contributed by atoms with Crippen molar-refractivity contribution in [1.82, 2.24) is 20.3 Å². The number of nitrogens with one attached hydrogen (secondary N) is 2. The Hall–Kier alpha value is -2.52. The Labute approximate surface area is 178 Å². The molecule has 1 aliphatic heterocycles. The number of aromatic nitrogens is 3. The molecule has 29 heavy (non-hydrogen) atoms. The van der Waals surface area contributed by atoms with Gasteiger partial charge in [0.15, 0.2) is 11.1 Å². The van der Waals surface area contributed by atoms with E-state index < -0.39 is 0 Å². The molecule has 0 aromatic carbocycles. The molecular formula is C20H24N6OS2. The first-order valence-corrected chi connectivity index (χ1v) is 11.6. The highest BCUT2D eigenvalue weighted by Gasteiger charge is 2.14. The highest BCUT2D eigenvalue weighted by Crippen LogP contribution is 2.33. The minimum atomic E-state index is 0.707. The third kappa shape index (κ3) is 4.91. The van der Waals surface area contributed by atoms with E-state index in [-0.39, 0.29) is 0 Å². The smallest absolute Gasteiger partial charge is 0.197 e. The molecule has 3 aromatic heterocycles. The summed E-state index contributed by atoms with van der Waals surface area (Å²) in [6.07, 6.45) is 4.99. The molecule has 0 saturated carbocycles. The van der Waals surface area contributed by atoms with Crippen molar-refractivity contribution in [2.45, 2.75) is 33.1 Å². The van der Waals surface area contributed by atoms with Gasteiger partial charge < -0.3 is 15.4 Å². The third-order valence-electron chi connectivity index (χ3n) is 4.45. The van der Waals surface area contributed by atoms with E-state index in [0.29, 0.717) is 6.61 Å². The number of hydrogen-bond donors (Lipinski definition) is 2. The summed E-state index contributed by atoms with van der Waals surface area (Å²) in [5, 5.41) is 12.3. The van der Waals surface area contributed by atoms with Gasteiger partial charge in [-0.25, -0.2) is 9.97 Å². The Morgan fingerprint density at radius 3 is 2.90 bits per heavy atom. The van der Waals surface area contributed by atoms with E-state index in [1.54, 1.807) is 28.9 Å². The molecule has 152 valence electrons. The molecule has 4 heterocycles. The molecule has 0 unspecified atom stereocenters. The zero-order valence-corrected chi connectivity index (χ0v) is 18.2. The van der Waals surface area contributed by atoms with Crippen LogP contribution in [0, 0.1) is 6.92 Å². The third-order valence-corrected chi connectivity index (χ3v) is 6.09. The fourth-order valence-electron chi connectivity index (χ4n) is 2.83. The van der Waals surface area contributed by atoms with Crippen LogP contribution < -0.4 is 15.4 Å². The van der Waals surface area contributed by atoms with Crippen LogP contribution in [0.25, 0.3) is 22.0 Å². The van der Waals surface area contributed by atoms with E-state index in [0.717, 1.165) is 76.8 Å². The summed E-state index contributed by atoms with van der Waals surface area (Å²) in [6, 6.07) is 2.03. The summed E-state index contributed by atoms with van der Waals surface area (Å²) in [5.74, 6) is 1.58. The predicted molar refractivity (Wildman–Crippen MR) is 120 cm³/mol. The van der Waals surface area contributed by atoms with Gasteiger partial charge in [-0.3, -0.25) is 9.98 Å². The number of pyridine rings is 1. The molecule has 7 nitrogen and oxygen atoms in total. The number of thiazole rings is 2. The lowest BCUT2D eigenvalue weighted by Gasteiger charge is -2.13. The fraction of sp³-hybridized carbons (Fsp3) is 0.400. The van der Waals surface area contributed by atoms with Crippen molar-refractivity contribution in [2.24, 2.45) is 4.99 Å². The van der Waals surface area contributed by atoms with Crippen LogP contribution in [0.15, 0.2) is 28.0 Å². The molecule has 0 saturated heterocycles. The van der Waals surface area contributed by atoms with Gasteiger partial charge in [0, 0.05) is 35.1 Å². The van der Waals surface area contributed by atoms with Crippen molar-refractivity contribution < 1.29 is 4.74 Å². The molecule has 0 aliphatic carbocycles. The quantitative estimate of drug-likeness (QED) is 0.536. The van der Waals surface area contributed by atoms with Gasteiger partial charge in [-0.1, -0.05) is 13.3 Å². The SMILES string of the molecule is CCCCOc1cnc(C)c(-c2nc(-c3csc(NC4=NCCCN4)n3)cs2)c1. The van der Waals surface area contributed by atoms with E-state index in [1.807, 2.05) is 23.8 Å². The van der Waals surface area contributed by atoms with Crippen LogP contribution in [0.5, 0.6) is 5.75 Å². The predicted octanol–water partition coefficient (Wildman–Crippen LogP) is 4.58. The highest BCUT2D eigenvalue weighted by atomic mass is 32.1. The average Bonchev–Trinajstić information content (AvgIpc) is 3.40. The van der Waals surface area contributed by atoms with Crippen LogP contribution in [-0.2, 0) is 0 Å². The monoisotopic (exact) mass is 428 g/mol. The number of anilines is 1. The number of hydrogen-bond acceptors (Lipinski definition) is 9. The molecule has 0 amide bonds. The molecule has 0 spiro atoms. The minimum absolute atomic E-state index is 0.707. The molecule has 4 rings (SSSR count). The highest BCUT2D eigenvalue weighted by molar-refractivity contribution is 7.14. The van der Waals surface area contributed by atoms with Gasteiger partial charge >= 0.3 is 0 Å². The number of guanidine groups is 1. The molecule has 3 aromatic rings. The lowest BCUT2D eigenvalue weighted by Crippen LogP contribution is -2.35. The van der Waals surface area contributed by atoms with Crippen LogP contribution in [0.2, 0.25) is 0 Å². The number of aliphatic imine (C=N–C) groups is 1.